The van der Waals surface area contributed by atoms with Gasteiger partial charge in [0, 0.05) is 23.6 Å². The summed E-state index contributed by atoms with van der Waals surface area (Å²) in [5.41, 5.74) is 10.8. The molecule has 1 aromatic carbocycles. The summed E-state index contributed by atoms with van der Waals surface area (Å²) in [7, 11) is 0. The molecule has 0 aliphatic carbocycles. The smallest absolute Gasteiger partial charge is 0.138 e. The number of fused-ring (bicyclic) bond motifs is 1. The van der Waals surface area contributed by atoms with Crippen LogP contribution in [0.1, 0.15) is 0 Å². The zero-order valence-corrected chi connectivity index (χ0v) is 12.2. The summed E-state index contributed by atoms with van der Waals surface area (Å²) in [6.07, 6.45) is 3.59. The van der Waals surface area contributed by atoms with Crippen LogP contribution in [-0.2, 0) is 0 Å². The topological polar surface area (TPSA) is 76.4 Å². The predicted octanol–water partition coefficient (Wildman–Crippen LogP) is 3.35. The molecule has 0 saturated carbocycles. The van der Waals surface area contributed by atoms with Crippen molar-refractivity contribution in [1.29, 1.82) is 0 Å². The van der Waals surface area contributed by atoms with Crippen LogP contribution in [-0.4, -0.2) is 19.5 Å². The van der Waals surface area contributed by atoms with Gasteiger partial charge < -0.3 is 10.8 Å². The second-order valence-electron chi connectivity index (χ2n) is 5.26. The Hall–Kier alpha value is -3.34. The highest BCUT2D eigenvalue weighted by Crippen LogP contribution is 2.32. The van der Waals surface area contributed by atoms with Crippen molar-refractivity contribution in [2.24, 2.45) is 0 Å². The zero-order chi connectivity index (χ0) is 15.8. The van der Waals surface area contributed by atoms with Crippen LogP contribution in [0.3, 0.4) is 0 Å². The molecule has 0 atom stereocenters. The van der Waals surface area contributed by atoms with Crippen molar-refractivity contribution in [1.82, 2.24) is 14.4 Å². The molecule has 0 amide bonds. The molecule has 0 bridgehead atoms. The van der Waals surface area contributed by atoms with Gasteiger partial charge in [0.2, 0.25) is 0 Å². The van der Waals surface area contributed by atoms with Gasteiger partial charge >= 0.3 is 0 Å². The lowest BCUT2D eigenvalue weighted by Crippen LogP contribution is -1.93. The van der Waals surface area contributed by atoms with Gasteiger partial charge in [-0.1, -0.05) is 6.07 Å². The molecule has 0 unspecified atom stereocenters. The Labute approximate surface area is 132 Å². The molecule has 3 aromatic heterocycles. The van der Waals surface area contributed by atoms with Crippen molar-refractivity contribution in [3.63, 3.8) is 0 Å². The number of benzene rings is 1. The summed E-state index contributed by atoms with van der Waals surface area (Å²) in [6, 6.07) is 16.5. The molecule has 3 heterocycles. The van der Waals surface area contributed by atoms with Crippen molar-refractivity contribution >= 4 is 11.3 Å². The van der Waals surface area contributed by atoms with Gasteiger partial charge in [-0.3, -0.25) is 9.38 Å². The lowest BCUT2D eigenvalue weighted by Gasteiger charge is -2.06. The molecule has 4 aromatic rings. The number of hydrogen-bond donors (Lipinski definition) is 2. The molecule has 4 rings (SSSR count). The van der Waals surface area contributed by atoms with E-state index in [0.717, 1.165) is 28.3 Å². The molecule has 112 valence electrons. The SMILES string of the molecule is Nc1ccc2nc(-c3ccccn3)c(-c3ccc(O)cc3)n2c1. The number of phenols is 1. The number of anilines is 1. The summed E-state index contributed by atoms with van der Waals surface area (Å²) in [5.74, 6) is 0.224. The van der Waals surface area contributed by atoms with E-state index in [2.05, 4.69) is 4.98 Å². The first-order valence-corrected chi connectivity index (χ1v) is 7.21. The molecule has 5 heteroatoms. The Kier molecular flexibility index (Phi) is 2.98. The van der Waals surface area contributed by atoms with Gasteiger partial charge in [-0.15, -0.1) is 0 Å². The van der Waals surface area contributed by atoms with Gasteiger partial charge in [-0.2, -0.15) is 0 Å². The average molecular weight is 302 g/mol. The third-order valence-electron chi connectivity index (χ3n) is 3.69. The van der Waals surface area contributed by atoms with E-state index in [1.54, 1.807) is 18.3 Å². The number of aromatic hydroxyl groups is 1. The first-order chi connectivity index (χ1) is 11.2. The van der Waals surface area contributed by atoms with Crippen molar-refractivity contribution < 1.29 is 5.11 Å². The first-order valence-electron chi connectivity index (χ1n) is 7.21. The summed E-state index contributed by atoms with van der Waals surface area (Å²) in [6.45, 7) is 0. The van der Waals surface area contributed by atoms with Crippen molar-refractivity contribution in [2.45, 2.75) is 0 Å². The van der Waals surface area contributed by atoms with Crippen LogP contribution >= 0.6 is 0 Å². The third-order valence-corrected chi connectivity index (χ3v) is 3.69. The van der Waals surface area contributed by atoms with E-state index in [0.29, 0.717) is 5.69 Å². The number of nitrogens with zero attached hydrogens (tertiary/aromatic N) is 3. The summed E-state index contributed by atoms with van der Waals surface area (Å²) in [5, 5.41) is 9.54. The van der Waals surface area contributed by atoms with E-state index in [4.69, 9.17) is 10.7 Å². The first kappa shape index (κ1) is 13.3. The Morgan fingerprint density at radius 2 is 1.78 bits per heavy atom. The number of hydrogen-bond acceptors (Lipinski definition) is 4. The highest BCUT2D eigenvalue weighted by molar-refractivity contribution is 5.81. The number of imidazole rings is 1. The van der Waals surface area contributed by atoms with E-state index in [-0.39, 0.29) is 5.75 Å². The lowest BCUT2D eigenvalue weighted by atomic mass is 10.1. The Morgan fingerprint density at radius 1 is 0.957 bits per heavy atom. The number of phenolic OH excluding ortho intramolecular Hbond substituents is 1. The number of nitrogen functional groups attached to an aromatic ring is 1. The predicted molar refractivity (Wildman–Crippen MR) is 89.9 cm³/mol. The van der Waals surface area contributed by atoms with Gasteiger partial charge in [0.15, 0.2) is 0 Å². The fraction of sp³-hybridized carbons (Fsp3) is 0. The number of aromatic nitrogens is 3. The molecule has 0 radical (unpaired) electrons. The van der Waals surface area contributed by atoms with Crippen LogP contribution in [0.15, 0.2) is 67.0 Å². The van der Waals surface area contributed by atoms with E-state index >= 15 is 0 Å². The zero-order valence-electron chi connectivity index (χ0n) is 12.2. The monoisotopic (exact) mass is 302 g/mol. The lowest BCUT2D eigenvalue weighted by molar-refractivity contribution is 0.475. The number of pyridine rings is 2. The molecule has 0 spiro atoms. The average Bonchev–Trinajstić information content (AvgIpc) is 2.95. The normalized spacial score (nSPS) is 11.0. The minimum Gasteiger partial charge on any atom is -0.508 e. The highest BCUT2D eigenvalue weighted by Gasteiger charge is 2.16. The van der Waals surface area contributed by atoms with Gasteiger partial charge in [0.05, 0.1) is 11.4 Å². The van der Waals surface area contributed by atoms with Crippen molar-refractivity contribution in [3.8, 4) is 28.4 Å². The van der Waals surface area contributed by atoms with Crippen molar-refractivity contribution in [3.05, 3.63) is 67.0 Å². The fourth-order valence-corrected chi connectivity index (χ4v) is 2.64. The van der Waals surface area contributed by atoms with Gasteiger partial charge in [0.25, 0.3) is 0 Å². The van der Waals surface area contributed by atoms with E-state index in [1.807, 2.05) is 53.1 Å². The summed E-state index contributed by atoms with van der Waals surface area (Å²) >= 11 is 0. The largest absolute Gasteiger partial charge is 0.508 e. The van der Waals surface area contributed by atoms with E-state index < -0.39 is 0 Å². The molecular formula is C18H14N4O. The number of nitrogens with two attached hydrogens (primary N) is 1. The maximum absolute atomic E-state index is 9.54. The molecule has 3 N–H and O–H groups in total. The van der Waals surface area contributed by atoms with Gasteiger partial charge in [-0.25, -0.2) is 4.98 Å². The second kappa shape index (κ2) is 5.14. The molecule has 23 heavy (non-hydrogen) atoms. The van der Waals surface area contributed by atoms with Crippen LogP contribution in [0, 0.1) is 0 Å². The molecular weight excluding hydrogens is 288 g/mol. The van der Waals surface area contributed by atoms with Crippen LogP contribution in [0.25, 0.3) is 28.3 Å². The maximum atomic E-state index is 9.54. The Balaban J connectivity index is 2.06. The summed E-state index contributed by atoms with van der Waals surface area (Å²) in [4.78, 5) is 9.12. The maximum Gasteiger partial charge on any atom is 0.138 e. The van der Waals surface area contributed by atoms with Crippen LogP contribution < -0.4 is 5.73 Å². The summed E-state index contributed by atoms with van der Waals surface area (Å²) < 4.78 is 1.95. The van der Waals surface area contributed by atoms with E-state index in [9.17, 15) is 5.11 Å². The van der Waals surface area contributed by atoms with E-state index in [1.165, 1.54) is 0 Å². The minimum atomic E-state index is 0.224. The standard InChI is InChI=1S/C18H14N4O/c19-13-6-9-16-21-17(15-3-1-2-10-20-15)18(22(16)11-13)12-4-7-14(23)8-5-12/h1-11,23H,19H2. The fourth-order valence-electron chi connectivity index (χ4n) is 2.64. The Morgan fingerprint density at radius 3 is 2.52 bits per heavy atom. The Bertz CT molecular complexity index is 975. The van der Waals surface area contributed by atoms with Gasteiger partial charge in [0.1, 0.15) is 17.1 Å². The quantitative estimate of drug-likeness (QED) is 0.595. The van der Waals surface area contributed by atoms with Crippen molar-refractivity contribution in [2.75, 3.05) is 5.73 Å². The molecule has 5 nitrogen and oxygen atoms in total. The van der Waals surface area contributed by atoms with Crippen LogP contribution in [0.2, 0.25) is 0 Å². The molecule has 0 aliphatic rings. The second-order valence-corrected chi connectivity index (χ2v) is 5.26. The highest BCUT2D eigenvalue weighted by atomic mass is 16.3. The third kappa shape index (κ3) is 2.28. The van der Waals surface area contributed by atoms with Gasteiger partial charge in [-0.05, 0) is 48.5 Å². The molecule has 0 saturated heterocycles. The number of rotatable bonds is 2. The molecule has 0 aliphatic heterocycles. The van der Waals surface area contributed by atoms with Crippen LogP contribution in [0.4, 0.5) is 5.69 Å². The minimum absolute atomic E-state index is 0.224. The molecule has 0 fully saturated rings. The van der Waals surface area contributed by atoms with Crippen LogP contribution in [0.5, 0.6) is 5.75 Å².